The van der Waals surface area contributed by atoms with E-state index in [4.69, 9.17) is 0 Å². The van der Waals surface area contributed by atoms with Gasteiger partial charge in [-0.3, -0.25) is 0 Å². The van der Waals surface area contributed by atoms with Crippen LogP contribution in [0.25, 0.3) is 0 Å². The van der Waals surface area contributed by atoms with Crippen LogP contribution >= 0.6 is 0 Å². The average Bonchev–Trinajstić information content (AvgIpc) is 2.29. The van der Waals surface area contributed by atoms with Crippen LogP contribution in [-0.4, -0.2) is 36.1 Å². The van der Waals surface area contributed by atoms with Crippen LogP contribution in [0.1, 0.15) is 18.5 Å². The molecule has 1 saturated heterocycles. The van der Waals surface area contributed by atoms with Gasteiger partial charge in [-0.25, -0.2) is 9.97 Å². The predicted molar refractivity (Wildman–Crippen MR) is 61.1 cm³/mol. The first-order valence-corrected chi connectivity index (χ1v) is 5.49. The smallest absolute Gasteiger partial charge is 0.132 e. The molecule has 1 aliphatic heterocycles. The van der Waals surface area contributed by atoms with E-state index in [1.165, 1.54) is 12.8 Å². The summed E-state index contributed by atoms with van der Waals surface area (Å²) in [7, 11) is 2.11. The Bertz CT molecular complexity index is 320. The Kier molecular flexibility index (Phi) is 3.16. The van der Waals surface area contributed by atoms with E-state index in [1.807, 2.05) is 13.0 Å². The highest BCUT2D eigenvalue weighted by atomic mass is 15.2. The van der Waals surface area contributed by atoms with Gasteiger partial charge in [-0.15, -0.1) is 0 Å². The molecule has 4 nitrogen and oxygen atoms in total. The summed E-state index contributed by atoms with van der Waals surface area (Å²) in [5.74, 6) is 1.02. The van der Waals surface area contributed by atoms with Gasteiger partial charge >= 0.3 is 0 Å². The van der Waals surface area contributed by atoms with Crippen molar-refractivity contribution in [3.63, 3.8) is 0 Å². The standard InChI is InChI=1S/C11H18N4/c1-9-6-11(14-8-13-9)15(2)10-4-3-5-12-7-10/h6,8,10,12H,3-5,7H2,1-2H3. The van der Waals surface area contributed by atoms with Crippen LogP contribution in [0.2, 0.25) is 0 Å². The summed E-state index contributed by atoms with van der Waals surface area (Å²) in [6.45, 7) is 4.20. The quantitative estimate of drug-likeness (QED) is 0.783. The third-order valence-corrected chi connectivity index (χ3v) is 2.97. The molecule has 1 N–H and O–H groups in total. The second-order valence-electron chi connectivity index (χ2n) is 4.13. The second kappa shape index (κ2) is 4.57. The number of nitrogens with zero attached hydrogens (tertiary/aromatic N) is 3. The second-order valence-corrected chi connectivity index (χ2v) is 4.13. The van der Waals surface area contributed by atoms with E-state index in [0.29, 0.717) is 6.04 Å². The summed E-state index contributed by atoms with van der Waals surface area (Å²) >= 11 is 0. The third kappa shape index (κ3) is 2.45. The average molecular weight is 206 g/mol. The summed E-state index contributed by atoms with van der Waals surface area (Å²) in [5, 5.41) is 3.42. The van der Waals surface area contributed by atoms with E-state index in [2.05, 4.69) is 27.2 Å². The first kappa shape index (κ1) is 10.4. The number of aryl methyl sites for hydroxylation is 1. The molecular formula is C11H18N4. The fraction of sp³-hybridized carbons (Fsp3) is 0.636. The molecule has 0 bridgehead atoms. The zero-order valence-electron chi connectivity index (χ0n) is 9.40. The molecule has 4 heteroatoms. The van der Waals surface area contributed by atoms with Crippen molar-refractivity contribution in [2.75, 3.05) is 25.0 Å². The van der Waals surface area contributed by atoms with Crippen molar-refractivity contribution < 1.29 is 0 Å². The number of aromatic nitrogens is 2. The summed E-state index contributed by atoms with van der Waals surface area (Å²) in [5.41, 5.74) is 1.02. The highest BCUT2D eigenvalue weighted by Gasteiger charge is 2.18. The SMILES string of the molecule is Cc1cc(N(C)C2CCCNC2)ncn1. The van der Waals surface area contributed by atoms with Gasteiger partial charge in [0, 0.05) is 31.4 Å². The van der Waals surface area contributed by atoms with Crippen molar-refractivity contribution in [1.29, 1.82) is 0 Å². The molecule has 1 fully saturated rings. The molecule has 82 valence electrons. The van der Waals surface area contributed by atoms with Gasteiger partial charge in [-0.05, 0) is 26.3 Å². The zero-order chi connectivity index (χ0) is 10.7. The number of likely N-dealkylation sites (N-methyl/N-ethyl adjacent to an activating group) is 1. The van der Waals surface area contributed by atoms with Crippen molar-refractivity contribution in [2.24, 2.45) is 0 Å². The lowest BCUT2D eigenvalue weighted by Gasteiger charge is -2.32. The van der Waals surface area contributed by atoms with E-state index in [1.54, 1.807) is 6.33 Å². The molecule has 1 atom stereocenters. The third-order valence-electron chi connectivity index (χ3n) is 2.97. The van der Waals surface area contributed by atoms with E-state index < -0.39 is 0 Å². The van der Waals surface area contributed by atoms with Crippen LogP contribution in [0.5, 0.6) is 0 Å². The van der Waals surface area contributed by atoms with E-state index in [9.17, 15) is 0 Å². The maximum Gasteiger partial charge on any atom is 0.132 e. The van der Waals surface area contributed by atoms with Gasteiger partial charge in [-0.1, -0.05) is 0 Å². The monoisotopic (exact) mass is 206 g/mol. The number of rotatable bonds is 2. The number of hydrogen-bond donors (Lipinski definition) is 1. The van der Waals surface area contributed by atoms with Gasteiger partial charge < -0.3 is 10.2 Å². The lowest BCUT2D eigenvalue weighted by molar-refractivity contribution is 0.443. The molecule has 0 spiro atoms. The summed E-state index contributed by atoms with van der Waals surface area (Å²) < 4.78 is 0. The Morgan fingerprint density at radius 3 is 3.00 bits per heavy atom. The molecule has 0 aromatic carbocycles. The Balaban J connectivity index is 2.08. The minimum atomic E-state index is 0.563. The molecule has 2 heterocycles. The molecule has 0 aliphatic carbocycles. The molecule has 1 aromatic heterocycles. The summed E-state index contributed by atoms with van der Waals surface area (Å²) in [4.78, 5) is 10.7. The molecule has 0 saturated carbocycles. The lowest BCUT2D eigenvalue weighted by atomic mass is 10.1. The number of piperidine rings is 1. The molecule has 15 heavy (non-hydrogen) atoms. The number of anilines is 1. The minimum Gasteiger partial charge on any atom is -0.355 e. The normalized spacial score (nSPS) is 21.3. The van der Waals surface area contributed by atoms with Gasteiger partial charge in [0.2, 0.25) is 0 Å². The zero-order valence-corrected chi connectivity index (χ0v) is 9.40. The van der Waals surface area contributed by atoms with Crippen molar-refractivity contribution >= 4 is 5.82 Å². The van der Waals surface area contributed by atoms with Crippen molar-refractivity contribution in [1.82, 2.24) is 15.3 Å². The van der Waals surface area contributed by atoms with E-state index in [0.717, 1.165) is 24.6 Å². The molecule has 0 amide bonds. The predicted octanol–water partition coefficient (Wildman–Crippen LogP) is 0.973. The molecule has 2 rings (SSSR count). The Labute approximate surface area is 90.7 Å². The number of nitrogens with one attached hydrogen (secondary N) is 1. The first-order valence-electron chi connectivity index (χ1n) is 5.49. The van der Waals surface area contributed by atoms with Gasteiger partial charge in [0.1, 0.15) is 12.1 Å². The fourth-order valence-electron chi connectivity index (χ4n) is 1.98. The maximum absolute atomic E-state index is 4.30. The largest absolute Gasteiger partial charge is 0.355 e. The van der Waals surface area contributed by atoms with Crippen molar-refractivity contribution in [3.8, 4) is 0 Å². The van der Waals surface area contributed by atoms with Gasteiger partial charge in [0.25, 0.3) is 0 Å². The van der Waals surface area contributed by atoms with Crippen molar-refractivity contribution in [2.45, 2.75) is 25.8 Å². The Morgan fingerprint density at radius 1 is 1.47 bits per heavy atom. The van der Waals surface area contributed by atoms with Crippen LogP contribution in [0, 0.1) is 6.92 Å². The van der Waals surface area contributed by atoms with Crippen LogP contribution in [-0.2, 0) is 0 Å². The van der Waals surface area contributed by atoms with Gasteiger partial charge in [0.05, 0.1) is 0 Å². The Hall–Kier alpha value is -1.16. The summed E-state index contributed by atoms with van der Waals surface area (Å²) in [6, 6.07) is 2.60. The van der Waals surface area contributed by atoms with Gasteiger partial charge in [-0.2, -0.15) is 0 Å². The Morgan fingerprint density at radius 2 is 2.33 bits per heavy atom. The van der Waals surface area contributed by atoms with E-state index >= 15 is 0 Å². The lowest BCUT2D eigenvalue weighted by Crippen LogP contribution is -2.44. The van der Waals surface area contributed by atoms with Crippen LogP contribution in [0.15, 0.2) is 12.4 Å². The first-order chi connectivity index (χ1) is 7.27. The highest BCUT2D eigenvalue weighted by Crippen LogP contribution is 2.16. The minimum absolute atomic E-state index is 0.563. The van der Waals surface area contributed by atoms with Crippen LogP contribution < -0.4 is 10.2 Å². The molecular weight excluding hydrogens is 188 g/mol. The maximum atomic E-state index is 4.30. The molecule has 0 radical (unpaired) electrons. The van der Waals surface area contributed by atoms with Crippen LogP contribution in [0.4, 0.5) is 5.82 Å². The topological polar surface area (TPSA) is 41.0 Å². The highest BCUT2D eigenvalue weighted by molar-refractivity contribution is 5.39. The van der Waals surface area contributed by atoms with Gasteiger partial charge in [0.15, 0.2) is 0 Å². The molecule has 1 aromatic rings. The summed E-state index contributed by atoms with van der Waals surface area (Å²) in [6.07, 6.45) is 4.13. The van der Waals surface area contributed by atoms with Crippen molar-refractivity contribution in [3.05, 3.63) is 18.1 Å². The fourth-order valence-corrected chi connectivity index (χ4v) is 1.98. The molecule has 1 unspecified atom stereocenters. The number of hydrogen-bond acceptors (Lipinski definition) is 4. The van der Waals surface area contributed by atoms with E-state index in [-0.39, 0.29) is 0 Å². The molecule has 1 aliphatic rings. The van der Waals surface area contributed by atoms with Crippen LogP contribution in [0.3, 0.4) is 0 Å².